The number of carbonyl (C=O) groups excluding carboxylic acids is 1. The fourth-order valence-corrected chi connectivity index (χ4v) is 6.21. The van der Waals surface area contributed by atoms with Crippen LogP contribution in [0.3, 0.4) is 0 Å². The standard InChI is InChI=1S/C20H26N2O/c1-12-10-14-15-4-5-18(22-21)20(15,3)9-7-16(14)19(2)8-6-13(23)11-17(12)19/h6,8,11,14-16H,1,4-5,7,9-10,21H2,2-3H3/b22-18+/t14?,15-,16?,19?,20?/m0/s1. The molecule has 0 saturated heterocycles. The van der Waals surface area contributed by atoms with Crippen LogP contribution in [-0.2, 0) is 4.79 Å². The zero-order valence-electron chi connectivity index (χ0n) is 14.1. The van der Waals surface area contributed by atoms with Gasteiger partial charge in [-0.15, -0.1) is 0 Å². The third-order valence-corrected chi connectivity index (χ3v) is 7.43. The average Bonchev–Trinajstić information content (AvgIpc) is 2.86. The average molecular weight is 310 g/mol. The van der Waals surface area contributed by atoms with Crippen molar-refractivity contribution in [3.63, 3.8) is 0 Å². The summed E-state index contributed by atoms with van der Waals surface area (Å²) in [6.07, 6.45) is 11.3. The van der Waals surface area contributed by atoms with Gasteiger partial charge in [-0.1, -0.05) is 32.1 Å². The molecule has 3 heteroatoms. The Bertz CT molecular complexity index is 686. The summed E-state index contributed by atoms with van der Waals surface area (Å²) in [5.74, 6) is 7.65. The summed E-state index contributed by atoms with van der Waals surface area (Å²) in [5, 5.41) is 4.13. The predicted molar refractivity (Wildman–Crippen MR) is 92.8 cm³/mol. The first kappa shape index (κ1) is 14.9. The SMILES string of the molecule is C=C1CC2C(CCC3(C)/C(=N/N)CC[C@@H]23)C2(C)C=CC(=O)C=C12. The van der Waals surface area contributed by atoms with Crippen LogP contribution in [0.4, 0.5) is 0 Å². The second-order valence-electron chi connectivity index (χ2n) is 8.33. The van der Waals surface area contributed by atoms with E-state index >= 15 is 0 Å². The molecule has 0 bridgehead atoms. The fourth-order valence-electron chi connectivity index (χ4n) is 6.21. The molecule has 4 aliphatic carbocycles. The summed E-state index contributed by atoms with van der Waals surface area (Å²) in [7, 11) is 0. The number of rotatable bonds is 0. The van der Waals surface area contributed by atoms with Gasteiger partial charge < -0.3 is 5.84 Å². The Morgan fingerprint density at radius 1 is 1.30 bits per heavy atom. The molecule has 3 saturated carbocycles. The molecular formula is C20H26N2O. The molecule has 3 fully saturated rings. The fraction of sp³-hybridized carbons (Fsp3) is 0.600. The topological polar surface area (TPSA) is 55.4 Å². The minimum absolute atomic E-state index is 0.0299. The highest BCUT2D eigenvalue weighted by Crippen LogP contribution is 2.64. The number of nitrogens with two attached hydrogens (primary N) is 1. The lowest BCUT2D eigenvalue weighted by molar-refractivity contribution is -0.110. The highest BCUT2D eigenvalue weighted by molar-refractivity contribution is 6.02. The second kappa shape index (κ2) is 4.68. The van der Waals surface area contributed by atoms with Crippen LogP contribution in [0.2, 0.25) is 0 Å². The third-order valence-electron chi connectivity index (χ3n) is 7.43. The van der Waals surface area contributed by atoms with Crippen LogP contribution < -0.4 is 5.84 Å². The number of fused-ring (bicyclic) bond motifs is 5. The van der Waals surface area contributed by atoms with Crippen LogP contribution in [0, 0.1) is 28.6 Å². The Morgan fingerprint density at radius 3 is 2.83 bits per heavy atom. The van der Waals surface area contributed by atoms with E-state index in [1.54, 1.807) is 6.08 Å². The van der Waals surface area contributed by atoms with Crippen molar-refractivity contribution in [3.8, 4) is 0 Å². The Labute approximate surface area is 138 Å². The summed E-state index contributed by atoms with van der Waals surface area (Å²) in [4.78, 5) is 11.8. The maximum atomic E-state index is 11.8. The summed E-state index contributed by atoms with van der Waals surface area (Å²) >= 11 is 0. The summed E-state index contributed by atoms with van der Waals surface area (Å²) < 4.78 is 0. The lowest BCUT2D eigenvalue weighted by atomic mass is 9.48. The third kappa shape index (κ3) is 1.82. The van der Waals surface area contributed by atoms with E-state index in [-0.39, 0.29) is 16.6 Å². The van der Waals surface area contributed by atoms with Crippen LogP contribution in [-0.4, -0.2) is 11.5 Å². The molecule has 0 aromatic carbocycles. The highest BCUT2D eigenvalue weighted by Gasteiger charge is 2.58. The molecule has 3 nitrogen and oxygen atoms in total. The zero-order valence-corrected chi connectivity index (χ0v) is 14.1. The van der Waals surface area contributed by atoms with Gasteiger partial charge in [-0.3, -0.25) is 4.79 Å². The van der Waals surface area contributed by atoms with E-state index in [2.05, 4.69) is 31.6 Å². The van der Waals surface area contributed by atoms with Gasteiger partial charge >= 0.3 is 0 Å². The molecule has 5 atom stereocenters. The second-order valence-corrected chi connectivity index (χ2v) is 8.33. The Morgan fingerprint density at radius 2 is 2.09 bits per heavy atom. The molecule has 0 aliphatic heterocycles. The number of hydrogen-bond donors (Lipinski definition) is 1. The Kier molecular flexibility index (Phi) is 3.04. The number of nitrogens with zero attached hydrogens (tertiary/aromatic N) is 1. The monoisotopic (exact) mass is 310 g/mol. The number of allylic oxidation sites excluding steroid dienone is 5. The Balaban J connectivity index is 1.76. The van der Waals surface area contributed by atoms with Crippen LogP contribution in [0.25, 0.3) is 0 Å². The van der Waals surface area contributed by atoms with Gasteiger partial charge in [0, 0.05) is 16.5 Å². The Hall–Kier alpha value is -1.64. The van der Waals surface area contributed by atoms with Gasteiger partial charge in [-0.2, -0.15) is 5.10 Å². The van der Waals surface area contributed by atoms with Crippen molar-refractivity contribution in [2.45, 2.75) is 46.0 Å². The first-order chi connectivity index (χ1) is 10.9. The molecule has 4 aliphatic rings. The van der Waals surface area contributed by atoms with Crippen molar-refractivity contribution in [2.75, 3.05) is 0 Å². The van der Waals surface area contributed by atoms with Crippen LogP contribution >= 0.6 is 0 Å². The van der Waals surface area contributed by atoms with Crippen molar-refractivity contribution in [1.82, 2.24) is 0 Å². The molecular weight excluding hydrogens is 284 g/mol. The normalized spacial score (nSPS) is 47.1. The van der Waals surface area contributed by atoms with E-state index < -0.39 is 0 Å². The maximum Gasteiger partial charge on any atom is 0.178 e. The van der Waals surface area contributed by atoms with Gasteiger partial charge in [0.05, 0.1) is 0 Å². The van der Waals surface area contributed by atoms with E-state index in [1.165, 1.54) is 24.1 Å². The van der Waals surface area contributed by atoms with Gasteiger partial charge in [0.15, 0.2) is 5.78 Å². The van der Waals surface area contributed by atoms with Crippen molar-refractivity contribution < 1.29 is 4.79 Å². The van der Waals surface area contributed by atoms with Crippen molar-refractivity contribution >= 4 is 11.5 Å². The molecule has 0 amide bonds. The molecule has 0 spiro atoms. The van der Waals surface area contributed by atoms with Gasteiger partial charge in [0.2, 0.25) is 0 Å². The van der Waals surface area contributed by atoms with E-state index in [4.69, 9.17) is 5.84 Å². The first-order valence-electron chi connectivity index (χ1n) is 8.81. The number of hydrogen-bond acceptors (Lipinski definition) is 3. The minimum atomic E-state index is -0.0299. The van der Waals surface area contributed by atoms with Crippen molar-refractivity contribution in [3.05, 3.63) is 36.0 Å². The van der Waals surface area contributed by atoms with Crippen molar-refractivity contribution in [2.24, 2.45) is 39.5 Å². The van der Waals surface area contributed by atoms with E-state index in [0.717, 1.165) is 24.8 Å². The van der Waals surface area contributed by atoms with Gasteiger partial charge in [0.1, 0.15) is 0 Å². The minimum Gasteiger partial charge on any atom is -0.323 e. The quantitative estimate of drug-likeness (QED) is 0.547. The van der Waals surface area contributed by atoms with Crippen LogP contribution in [0.15, 0.2) is 41.1 Å². The largest absolute Gasteiger partial charge is 0.323 e. The molecule has 4 unspecified atom stereocenters. The molecule has 23 heavy (non-hydrogen) atoms. The molecule has 2 N–H and O–H groups in total. The smallest absolute Gasteiger partial charge is 0.178 e. The van der Waals surface area contributed by atoms with Crippen LogP contribution in [0.1, 0.15) is 46.0 Å². The maximum absolute atomic E-state index is 11.8. The molecule has 0 aromatic rings. The number of hydrazone groups is 1. The molecule has 122 valence electrons. The van der Waals surface area contributed by atoms with Gasteiger partial charge in [-0.25, -0.2) is 0 Å². The predicted octanol–water partition coefficient (Wildman–Crippen LogP) is 3.78. The van der Waals surface area contributed by atoms with E-state index in [0.29, 0.717) is 17.8 Å². The highest BCUT2D eigenvalue weighted by atomic mass is 16.1. The molecule has 4 rings (SSSR count). The lowest BCUT2D eigenvalue weighted by Gasteiger charge is -2.56. The van der Waals surface area contributed by atoms with Crippen molar-refractivity contribution in [1.29, 1.82) is 0 Å². The molecule has 0 radical (unpaired) electrons. The number of carbonyl (C=O) groups is 1. The van der Waals surface area contributed by atoms with E-state index in [1.807, 2.05) is 6.08 Å². The summed E-state index contributed by atoms with van der Waals surface area (Å²) in [6, 6.07) is 0. The van der Waals surface area contributed by atoms with Gasteiger partial charge in [-0.05, 0) is 67.6 Å². The molecule has 0 heterocycles. The number of ketones is 1. The van der Waals surface area contributed by atoms with Gasteiger partial charge in [0.25, 0.3) is 0 Å². The lowest BCUT2D eigenvalue weighted by Crippen LogP contribution is -2.50. The summed E-state index contributed by atoms with van der Waals surface area (Å²) in [6.45, 7) is 9.01. The first-order valence-corrected chi connectivity index (χ1v) is 8.81. The van der Waals surface area contributed by atoms with Crippen LogP contribution in [0.5, 0.6) is 0 Å². The summed E-state index contributed by atoms with van der Waals surface area (Å²) in [5.41, 5.74) is 3.70. The van der Waals surface area contributed by atoms with E-state index in [9.17, 15) is 4.79 Å². The molecule has 0 aromatic heterocycles. The zero-order chi connectivity index (χ0) is 16.4.